The third kappa shape index (κ3) is 7.44. The van der Waals surface area contributed by atoms with Crippen LogP contribution in [0.3, 0.4) is 0 Å². The SMILES string of the molecule is COc1ccc(NC(=O)CCC(=O)c2ccc(C)c(C)c2)cc1NC(=O)OC(C)(C)C. The Kier molecular flexibility index (Phi) is 7.80. The minimum atomic E-state index is -0.647. The van der Waals surface area contributed by atoms with Gasteiger partial charge in [-0.2, -0.15) is 0 Å². The van der Waals surface area contributed by atoms with E-state index in [1.807, 2.05) is 26.0 Å². The van der Waals surface area contributed by atoms with Gasteiger partial charge in [0.15, 0.2) is 5.78 Å². The van der Waals surface area contributed by atoms with Gasteiger partial charge in [0.05, 0.1) is 12.8 Å². The van der Waals surface area contributed by atoms with Gasteiger partial charge in [-0.3, -0.25) is 14.9 Å². The number of hydrogen-bond acceptors (Lipinski definition) is 5. The number of hydrogen-bond donors (Lipinski definition) is 2. The van der Waals surface area contributed by atoms with Crippen LogP contribution in [0.2, 0.25) is 0 Å². The van der Waals surface area contributed by atoms with Gasteiger partial charge in [-0.25, -0.2) is 4.79 Å². The lowest BCUT2D eigenvalue weighted by molar-refractivity contribution is -0.116. The van der Waals surface area contributed by atoms with Crippen molar-refractivity contribution in [1.82, 2.24) is 0 Å². The Labute approximate surface area is 183 Å². The molecule has 0 saturated carbocycles. The molecule has 0 fully saturated rings. The van der Waals surface area contributed by atoms with Crippen LogP contribution in [0.5, 0.6) is 5.75 Å². The van der Waals surface area contributed by atoms with Gasteiger partial charge in [0.1, 0.15) is 11.4 Å². The molecule has 0 aromatic heterocycles. The summed E-state index contributed by atoms with van der Waals surface area (Å²) >= 11 is 0. The highest BCUT2D eigenvalue weighted by molar-refractivity contribution is 6.00. The van der Waals surface area contributed by atoms with Crippen LogP contribution in [0.1, 0.15) is 55.1 Å². The van der Waals surface area contributed by atoms with Crippen molar-refractivity contribution in [3.8, 4) is 5.75 Å². The zero-order valence-electron chi connectivity index (χ0n) is 18.9. The summed E-state index contributed by atoms with van der Waals surface area (Å²) in [6.45, 7) is 9.22. The minimum Gasteiger partial charge on any atom is -0.495 e. The normalized spacial score (nSPS) is 10.9. The molecule has 7 nitrogen and oxygen atoms in total. The maximum absolute atomic E-state index is 12.4. The van der Waals surface area contributed by atoms with E-state index in [-0.39, 0.29) is 24.5 Å². The second-order valence-electron chi connectivity index (χ2n) is 8.31. The number of carbonyl (C=O) groups excluding carboxylic acids is 3. The number of aryl methyl sites for hydroxylation is 2. The van der Waals surface area contributed by atoms with E-state index in [2.05, 4.69) is 10.6 Å². The zero-order chi connectivity index (χ0) is 23.2. The molecule has 0 bridgehead atoms. The summed E-state index contributed by atoms with van der Waals surface area (Å²) in [7, 11) is 1.48. The van der Waals surface area contributed by atoms with Gasteiger partial charge in [0, 0.05) is 24.1 Å². The zero-order valence-corrected chi connectivity index (χ0v) is 18.9. The molecule has 0 aliphatic rings. The number of nitrogens with one attached hydrogen (secondary N) is 2. The molecule has 2 rings (SSSR count). The first-order valence-corrected chi connectivity index (χ1v) is 10.1. The Morgan fingerprint density at radius 3 is 2.23 bits per heavy atom. The standard InChI is InChI=1S/C24H30N2O5/c1-15-7-8-17(13-16(15)2)20(27)10-12-22(28)25-18-9-11-21(30-6)19(14-18)26-23(29)31-24(3,4)5/h7-9,11,13-14H,10,12H2,1-6H3,(H,25,28)(H,26,29). The van der Waals surface area contributed by atoms with E-state index in [1.54, 1.807) is 45.0 Å². The summed E-state index contributed by atoms with van der Waals surface area (Å²) in [4.78, 5) is 36.8. The first kappa shape index (κ1) is 23.9. The van der Waals surface area contributed by atoms with Crippen LogP contribution in [0.4, 0.5) is 16.2 Å². The van der Waals surface area contributed by atoms with Gasteiger partial charge in [-0.05, 0) is 70.0 Å². The van der Waals surface area contributed by atoms with Crippen molar-refractivity contribution in [1.29, 1.82) is 0 Å². The molecule has 7 heteroatoms. The predicted molar refractivity (Wildman–Crippen MR) is 121 cm³/mol. The Bertz CT molecular complexity index is 976. The highest BCUT2D eigenvalue weighted by Crippen LogP contribution is 2.28. The molecule has 0 saturated heterocycles. The topological polar surface area (TPSA) is 93.7 Å². The molecule has 0 unspecified atom stereocenters. The highest BCUT2D eigenvalue weighted by atomic mass is 16.6. The quantitative estimate of drug-likeness (QED) is 0.589. The van der Waals surface area contributed by atoms with E-state index in [0.29, 0.717) is 22.7 Å². The fourth-order valence-electron chi connectivity index (χ4n) is 2.81. The number of ether oxygens (including phenoxy) is 2. The summed E-state index contributed by atoms with van der Waals surface area (Å²) in [6.07, 6.45) is -0.478. The van der Waals surface area contributed by atoms with Crippen LogP contribution in [0.15, 0.2) is 36.4 Å². The van der Waals surface area contributed by atoms with E-state index >= 15 is 0 Å². The predicted octanol–water partition coefficient (Wildman–Crippen LogP) is 5.26. The molecule has 0 radical (unpaired) electrons. The number of ketones is 1. The van der Waals surface area contributed by atoms with E-state index in [4.69, 9.17) is 9.47 Å². The lowest BCUT2D eigenvalue weighted by Gasteiger charge is -2.20. The van der Waals surface area contributed by atoms with Crippen LogP contribution in [0, 0.1) is 13.8 Å². The first-order chi connectivity index (χ1) is 14.5. The molecule has 0 aliphatic carbocycles. The largest absolute Gasteiger partial charge is 0.495 e. The highest BCUT2D eigenvalue weighted by Gasteiger charge is 2.18. The molecule has 0 spiro atoms. The fourth-order valence-corrected chi connectivity index (χ4v) is 2.81. The molecule has 166 valence electrons. The van der Waals surface area contributed by atoms with Gasteiger partial charge < -0.3 is 14.8 Å². The lowest BCUT2D eigenvalue weighted by atomic mass is 10.0. The van der Waals surface area contributed by atoms with Crippen LogP contribution in [0.25, 0.3) is 0 Å². The molecular formula is C24H30N2O5. The van der Waals surface area contributed by atoms with Crippen molar-refractivity contribution in [2.45, 2.75) is 53.1 Å². The van der Waals surface area contributed by atoms with Crippen molar-refractivity contribution in [2.75, 3.05) is 17.7 Å². The van der Waals surface area contributed by atoms with Crippen molar-refractivity contribution in [3.05, 3.63) is 53.1 Å². The van der Waals surface area contributed by atoms with E-state index in [9.17, 15) is 14.4 Å². The second-order valence-corrected chi connectivity index (χ2v) is 8.31. The number of benzene rings is 2. The number of rotatable bonds is 7. The molecule has 2 aromatic rings. The summed E-state index contributed by atoms with van der Waals surface area (Å²) < 4.78 is 10.5. The number of carbonyl (C=O) groups is 3. The molecule has 0 heterocycles. The molecular weight excluding hydrogens is 396 g/mol. The summed E-state index contributed by atoms with van der Waals surface area (Å²) in [5, 5.41) is 5.37. The smallest absolute Gasteiger partial charge is 0.412 e. The average molecular weight is 427 g/mol. The summed E-state index contributed by atoms with van der Waals surface area (Å²) in [6, 6.07) is 10.4. The first-order valence-electron chi connectivity index (χ1n) is 10.1. The monoisotopic (exact) mass is 426 g/mol. The Morgan fingerprint density at radius 1 is 0.903 bits per heavy atom. The van der Waals surface area contributed by atoms with Gasteiger partial charge >= 0.3 is 6.09 Å². The maximum Gasteiger partial charge on any atom is 0.412 e. The number of anilines is 2. The van der Waals surface area contributed by atoms with Gasteiger partial charge in [0.25, 0.3) is 0 Å². The number of Topliss-reactive ketones (excluding diaryl/α,β-unsaturated/α-hetero) is 1. The van der Waals surface area contributed by atoms with Gasteiger partial charge in [-0.1, -0.05) is 12.1 Å². The number of methoxy groups -OCH3 is 1. The van der Waals surface area contributed by atoms with Crippen LogP contribution in [-0.4, -0.2) is 30.5 Å². The summed E-state index contributed by atoms with van der Waals surface area (Å²) in [5.41, 5.74) is 2.94. The minimum absolute atomic E-state index is 0.0482. The number of amides is 2. The van der Waals surface area contributed by atoms with Gasteiger partial charge in [0.2, 0.25) is 5.91 Å². The molecule has 31 heavy (non-hydrogen) atoms. The Hall–Kier alpha value is -3.35. The van der Waals surface area contributed by atoms with Crippen LogP contribution in [-0.2, 0) is 9.53 Å². The van der Waals surface area contributed by atoms with Gasteiger partial charge in [-0.15, -0.1) is 0 Å². The molecule has 0 atom stereocenters. The van der Waals surface area contributed by atoms with Crippen molar-refractivity contribution >= 4 is 29.2 Å². The van der Waals surface area contributed by atoms with E-state index in [1.165, 1.54) is 7.11 Å². The molecule has 2 amide bonds. The third-order valence-corrected chi connectivity index (χ3v) is 4.53. The van der Waals surface area contributed by atoms with E-state index in [0.717, 1.165) is 11.1 Å². The molecule has 0 aliphatic heterocycles. The van der Waals surface area contributed by atoms with E-state index < -0.39 is 11.7 Å². The Morgan fingerprint density at radius 2 is 1.61 bits per heavy atom. The maximum atomic E-state index is 12.4. The average Bonchev–Trinajstić information content (AvgIpc) is 2.67. The van der Waals surface area contributed by atoms with Crippen LogP contribution >= 0.6 is 0 Å². The van der Waals surface area contributed by atoms with Crippen molar-refractivity contribution < 1.29 is 23.9 Å². The van der Waals surface area contributed by atoms with Crippen molar-refractivity contribution in [3.63, 3.8) is 0 Å². The second kappa shape index (κ2) is 10.1. The third-order valence-electron chi connectivity index (χ3n) is 4.53. The molecule has 2 N–H and O–H groups in total. The lowest BCUT2D eigenvalue weighted by Crippen LogP contribution is -2.27. The molecule has 2 aromatic carbocycles. The summed E-state index contributed by atoms with van der Waals surface area (Å²) in [5.74, 6) is 0.0413. The fraction of sp³-hybridized carbons (Fsp3) is 0.375. The van der Waals surface area contributed by atoms with Crippen molar-refractivity contribution in [2.24, 2.45) is 0 Å². The van der Waals surface area contributed by atoms with Crippen LogP contribution < -0.4 is 15.4 Å². The Balaban J connectivity index is 1.99.